The Kier molecular flexibility index (Phi) is 3.22. The number of amides is 1. The highest BCUT2D eigenvalue weighted by Gasteiger charge is 2.29. The van der Waals surface area contributed by atoms with Crippen LogP contribution in [0.15, 0.2) is 39.3 Å². The fourth-order valence-electron chi connectivity index (χ4n) is 2.90. The van der Waals surface area contributed by atoms with Crippen LogP contribution in [0, 0.1) is 6.92 Å². The number of nitrogens with one attached hydrogen (secondary N) is 1. The first-order valence-corrected chi connectivity index (χ1v) is 7.89. The summed E-state index contributed by atoms with van der Waals surface area (Å²) in [7, 11) is 0. The Morgan fingerprint density at radius 3 is 2.87 bits per heavy atom. The second kappa shape index (κ2) is 5.26. The number of hydrogen-bond acceptors (Lipinski definition) is 4. The maximum Gasteiger partial charge on any atom is 0.274 e. The normalized spacial score (nSPS) is 15.7. The third kappa shape index (κ3) is 2.52. The summed E-state index contributed by atoms with van der Waals surface area (Å²) in [5, 5.41) is 7.87. The molecule has 0 spiro atoms. The SMILES string of the molecule is Cc1c([C@@H](C)NC(=O)c2cc(C3CC3)on2)oc2ccccc12. The maximum atomic E-state index is 12.3. The van der Waals surface area contributed by atoms with E-state index in [-0.39, 0.29) is 11.9 Å². The smallest absolute Gasteiger partial charge is 0.274 e. The summed E-state index contributed by atoms with van der Waals surface area (Å²) >= 11 is 0. The molecule has 118 valence electrons. The van der Waals surface area contributed by atoms with Crippen molar-refractivity contribution >= 4 is 16.9 Å². The zero-order chi connectivity index (χ0) is 16.0. The minimum atomic E-state index is -0.243. The summed E-state index contributed by atoms with van der Waals surface area (Å²) < 4.78 is 11.1. The molecular weight excluding hydrogens is 292 g/mol. The van der Waals surface area contributed by atoms with Crippen LogP contribution >= 0.6 is 0 Å². The van der Waals surface area contributed by atoms with E-state index in [1.807, 2.05) is 38.1 Å². The number of carbonyl (C=O) groups excluding carboxylic acids is 1. The zero-order valence-corrected chi connectivity index (χ0v) is 13.1. The van der Waals surface area contributed by atoms with E-state index in [1.54, 1.807) is 6.07 Å². The van der Waals surface area contributed by atoms with Crippen LogP contribution < -0.4 is 5.32 Å². The van der Waals surface area contributed by atoms with Crippen LogP contribution in [0.25, 0.3) is 11.0 Å². The van der Waals surface area contributed by atoms with Crippen LogP contribution in [0.5, 0.6) is 0 Å². The summed E-state index contributed by atoms with van der Waals surface area (Å²) in [5.41, 5.74) is 2.21. The standard InChI is InChI=1S/C18H18N2O3/c1-10-13-5-3-4-6-15(13)22-17(10)11(2)19-18(21)14-9-16(23-20-14)12-7-8-12/h3-6,9,11-12H,7-8H2,1-2H3,(H,19,21)/t11-/m1/s1. The van der Waals surface area contributed by atoms with Crippen molar-refractivity contribution in [3.05, 3.63) is 53.1 Å². The van der Waals surface area contributed by atoms with E-state index in [1.165, 1.54) is 0 Å². The zero-order valence-electron chi connectivity index (χ0n) is 13.1. The Bertz CT molecular complexity index is 873. The van der Waals surface area contributed by atoms with Crippen molar-refractivity contribution in [1.29, 1.82) is 0 Å². The van der Waals surface area contributed by atoms with Gasteiger partial charge in [0.2, 0.25) is 0 Å². The first-order valence-electron chi connectivity index (χ1n) is 7.89. The molecule has 0 radical (unpaired) electrons. The molecule has 0 bridgehead atoms. The minimum absolute atomic E-state index is 0.240. The van der Waals surface area contributed by atoms with Crippen molar-refractivity contribution in [2.45, 2.75) is 38.6 Å². The predicted octanol–water partition coefficient (Wildman–Crippen LogP) is 4.10. The van der Waals surface area contributed by atoms with Gasteiger partial charge in [-0.2, -0.15) is 0 Å². The monoisotopic (exact) mass is 310 g/mol. The molecule has 1 amide bonds. The van der Waals surface area contributed by atoms with Crippen LogP contribution in [0.4, 0.5) is 0 Å². The molecule has 2 aromatic heterocycles. The second-order valence-electron chi connectivity index (χ2n) is 6.17. The van der Waals surface area contributed by atoms with E-state index in [4.69, 9.17) is 8.94 Å². The number of aromatic nitrogens is 1. The number of aryl methyl sites for hydroxylation is 1. The number of para-hydroxylation sites is 1. The number of carbonyl (C=O) groups is 1. The van der Waals surface area contributed by atoms with Gasteiger partial charge in [0.1, 0.15) is 17.1 Å². The number of rotatable bonds is 4. The summed E-state index contributed by atoms with van der Waals surface area (Å²) in [6, 6.07) is 9.37. The quantitative estimate of drug-likeness (QED) is 0.788. The van der Waals surface area contributed by atoms with Gasteiger partial charge in [0, 0.05) is 22.9 Å². The topological polar surface area (TPSA) is 68.3 Å². The maximum absolute atomic E-state index is 12.3. The highest BCUT2D eigenvalue weighted by Crippen LogP contribution is 2.40. The van der Waals surface area contributed by atoms with Gasteiger partial charge in [0.25, 0.3) is 5.91 Å². The number of fused-ring (bicyclic) bond motifs is 1. The van der Waals surface area contributed by atoms with E-state index in [0.717, 1.165) is 40.9 Å². The summed E-state index contributed by atoms with van der Waals surface area (Å²) in [6.07, 6.45) is 2.23. The second-order valence-corrected chi connectivity index (χ2v) is 6.17. The van der Waals surface area contributed by atoms with Crippen LogP contribution in [-0.2, 0) is 0 Å². The Morgan fingerprint density at radius 1 is 1.35 bits per heavy atom. The molecule has 1 atom stereocenters. The summed E-state index contributed by atoms with van der Waals surface area (Å²) in [6.45, 7) is 3.91. The molecule has 0 aliphatic heterocycles. The van der Waals surface area contributed by atoms with E-state index >= 15 is 0 Å². The predicted molar refractivity (Wildman–Crippen MR) is 85.3 cm³/mol. The van der Waals surface area contributed by atoms with Gasteiger partial charge in [-0.15, -0.1) is 0 Å². The van der Waals surface area contributed by atoms with Crippen molar-refractivity contribution in [1.82, 2.24) is 10.5 Å². The molecule has 4 rings (SSSR count). The Hall–Kier alpha value is -2.56. The molecule has 5 heteroatoms. The number of furan rings is 1. The van der Waals surface area contributed by atoms with Crippen molar-refractivity contribution in [2.24, 2.45) is 0 Å². The lowest BCUT2D eigenvalue weighted by molar-refractivity contribution is 0.0926. The average molecular weight is 310 g/mol. The fraction of sp³-hybridized carbons (Fsp3) is 0.333. The number of hydrogen-bond donors (Lipinski definition) is 1. The molecule has 1 fully saturated rings. The van der Waals surface area contributed by atoms with Gasteiger partial charge in [-0.3, -0.25) is 4.79 Å². The third-order valence-corrected chi connectivity index (χ3v) is 4.36. The highest BCUT2D eigenvalue weighted by molar-refractivity contribution is 5.92. The Balaban J connectivity index is 1.54. The molecule has 0 unspecified atom stereocenters. The molecule has 0 saturated heterocycles. The van der Waals surface area contributed by atoms with Crippen molar-refractivity contribution in [3.8, 4) is 0 Å². The van der Waals surface area contributed by atoms with Gasteiger partial charge >= 0.3 is 0 Å². The number of benzene rings is 1. The Morgan fingerprint density at radius 2 is 2.13 bits per heavy atom. The molecule has 3 aromatic rings. The van der Waals surface area contributed by atoms with Crippen LogP contribution in [0.2, 0.25) is 0 Å². The lowest BCUT2D eigenvalue weighted by Gasteiger charge is -2.11. The summed E-state index contributed by atoms with van der Waals surface area (Å²) in [5.74, 6) is 1.78. The average Bonchev–Trinajstić information content (AvgIpc) is 3.18. The largest absolute Gasteiger partial charge is 0.459 e. The van der Waals surface area contributed by atoms with Gasteiger partial charge in [0.05, 0.1) is 6.04 Å². The van der Waals surface area contributed by atoms with Crippen molar-refractivity contribution in [3.63, 3.8) is 0 Å². The van der Waals surface area contributed by atoms with E-state index < -0.39 is 0 Å². The molecule has 1 N–H and O–H groups in total. The van der Waals surface area contributed by atoms with Crippen molar-refractivity contribution in [2.75, 3.05) is 0 Å². The lowest BCUT2D eigenvalue weighted by atomic mass is 10.1. The van der Waals surface area contributed by atoms with Crippen LogP contribution in [0.1, 0.15) is 59.3 Å². The molecule has 1 saturated carbocycles. The molecule has 1 aliphatic rings. The third-order valence-electron chi connectivity index (χ3n) is 4.36. The number of nitrogens with zero attached hydrogens (tertiary/aromatic N) is 1. The van der Waals surface area contributed by atoms with Crippen LogP contribution in [0.3, 0.4) is 0 Å². The molecule has 5 nitrogen and oxygen atoms in total. The lowest BCUT2D eigenvalue weighted by Crippen LogP contribution is -2.27. The molecular formula is C18H18N2O3. The Labute approximate surface area is 133 Å². The van der Waals surface area contributed by atoms with E-state index in [2.05, 4.69) is 10.5 Å². The van der Waals surface area contributed by atoms with Gasteiger partial charge in [-0.25, -0.2) is 0 Å². The molecule has 23 heavy (non-hydrogen) atoms. The first kappa shape index (κ1) is 14.1. The van der Waals surface area contributed by atoms with E-state index in [0.29, 0.717) is 11.6 Å². The van der Waals surface area contributed by atoms with Crippen molar-refractivity contribution < 1.29 is 13.7 Å². The van der Waals surface area contributed by atoms with Gasteiger partial charge in [0.15, 0.2) is 5.69 Å². The summed E-state index contributed by atoms with van der Waals surface area (Å²) in [4.78, 5) is 12.3. The van der Waals surface area contributed by atoms with Crippen LogP contribution in [-0.4, -0.2) is 11.1 Å². The van der Waals surface area contributed by atoms with Gasteiger partial charge in [-0.05, 0) is 32.8 Å². The van der Waals surface area contributed by atoms with Gasteiger partial charge in [-0.1, -0.05) is 23.4 Å². The molecule has 1 aromatic carbocycles. The highest BCUT2D eigenvalue weighted by atomic mass is 16.5. The minimum Gasteiger partial charge on any atom is -0.459 e. The van der Waals surface area contributed by atoms with E-state index in [9.17, 15) is 4.79 Å². The first-order chi connectivity index (χ1) is 11.1. The molecule has 2 heterocycles. The molecule has 1 aliphatic carbocycles. The fourth-order valence-corrected chi connectivity index (χ4v) is 2.90. The van der Waals surface area contributed by atoms with Gasteiger partial charge < -0.3 is 14.3 Å².